The molecule has 0 radical (unpaired) electrons. The van der Waals surface area contributed by atoms with Gasteiger partial charge in [-0.15, -0.1) is 11.3 Å². The largest absolute Gasteiger partial charge is 0.477 e. The Hall–Kier alpha value is -1.14. The fraction of sp³-hybridized carbons (Fsp3) is 0.111. The Morgan fingerprint density at radius 3 is 2.93 bits per heavy atom. The van der Waals surface area contributed by atoms with Crippen LogP contribution in [0.3, 0.4) is 0 Å². The monoisotopic (exact) mass is 287 g/mol. The number of halogens is 1. The van der Waals surface area contributed by atoms with E-state index in [0.29, 0.717) is 11.5 Å². The number of carboxylic acids is 1. The number of carboxylic acid groups (broad SMARTS) is 1. The zero-order chi connectivity index (χ0) is 11.0. The van der Waals surface area contributed by atoms with Crippen LogP contribution in [0.4, 0.5) is 0 Å². The van der Waals surface area contributed by atoms with Crippen molar-refractivity contribution in [2.45, 2.75) is 6.92 Å². The van der Waals surface area contributed by atoms with Gasteiger partial charge < -0.3 is 9.63 Å². The minimum atomic E-state index is -1.02. The molecule has 0 aliphatic rings. The summed E-state index contributed by atoms with van der Waals surface area (Å²) in [6.45, 7) is 1.61. The van der Waals surface area contributed by atoms with Crippen LogP contribution < -0.4 is 0 Å². The van der Waals surface area contributed by atoms with Crippen molar-refractivity contribution in [2.24, 2.45) is 0 Å². The summed E-state index contributed by atoms with van der Waals surface area (Å²) >= 11 is 4.70. The number of aromatic carboxylic acids is 1. The molecule has 0 fully saturated rings. The predicted octanol–water partition coefficient (Wildman–Crippen LogP) is 3.17. The summed E-state index contributed by atoms with van der Waals surface area (Å²) in [6.07, 6.45) is 0. The van der Waals surface area contributed by atoms with E-state index >= 15 is 0 Å². The Labute approximate surface area is 97.6 Å². The third-order valence-corrected chi connectivity index (χ3v) is 3.56. The van der Waals surface area contributed by atoms with E-state index in [1.807, 2.05) is 5.38 Å². The van der Waals surface area contributed by atoms with Crippen molar-refractivity contribution in [3.63, 3.8) is 0 Å². The van der Waals surface area contributed by atoms with Crippen LogP contribution in [0.2, 0.25) is 0 Å². The number of hydrogen-bond acceptors (Lipinski definition) is 4. The molecule has 0 aromatic carbocycles. The van der Waals surface area contributed by atoms with Gasteiger partial charge in [0.15, 0.2) is 5.76 Å². The molecular formula is C9H6BrNO3S. The first-order valence-electron chi connectivity index (χ1n) is 4.03. The SMILES string of the molecule is Cc1noc(-c2cc(Br)cs2)c1C(=O)O. The number of hydrogen-bond donors (Lipinski definition) is 1. The van der Waals surface area contributed by atoms with Crippen molar-refractivity contribution in [2.75, 3.05) is 0 Å². The van der Waals surface area contributed by atoms with E-state index < -0.39 is 5.97 Å². The lowest BCUT2D eigenvalue weighted by Gasteiger charge is -1.92. The van der Waals surface area contributed by atoms with Gasteiger partial charge in [0.25, 0.3) is 0 Å². The maximum Gasteiger partial charge on any atom is 0.341 e. The first-order valence-corrected chi connectivity index (χ1v) is 5.71. The summed E-state index contributed by atoms with van der Waals surface area (Å²) in [5, 5.41) is 14.5. The van der Waals surface area contributed by atoms with Crippen LogP contribution in [-0.2, 0) is 0 Å². The lowest BCUT2D eigenvalue weighted by Crippen LogP contribution is -1.98. The number of aromatic nitrogens is 1. The normalized spacial score (nSPS) is 10.5. The van der Waals surface area contributed by atoms with Gasteiger partial charge in [-0.2, -0.15) is 0 Å². The number of carbonyl (C=O) groups is 1. The van der Waals surface area contributed by atoms with Gasteiger partial charge in [0.1, 0.15) is 5.56 Å². The first-order chi connectivity index (χ1) is 7.09. The third-order valence-electron chi connectivity index (χ3n) is 1.87. The molecule has 2 aromatic heterocycles. The van der Waals surface area contributed by atoms with Crippen LogP contribution in [0.1, 0.15) is 16.1 Å². The van der Waals surface area contributed by atoms with Crippen molar-refractivity contribution < 1.29 is 14.4 Å². The van der Waals surface area contributed by atoms with E-state index in [9.17, 15) is 4.79 Å². The van der Waals surface area contributed by atoms with Crippen molar-refractivity contribution in [1.82, 2.24) is 5.16 Å². The average molecular weight is 288 g/mol. The number of nitrogens with zero attached hydrogens (tertiary/aromatic N) is 1. The van der Waals surface area contributed by atoms with Crippen LogP contribution in [0.15, 0.2) is 20.4 Å². The van der Waals surface area contributed by atoms with Crippen molar-refractivity contribution in [1.29, 1.82) is 0 Å². The molecular weight excluding hydrogens is 282 g/mol. The highest BCUT2D eigenvalue weighted by Crippen LogP contribution is 2.33. The molecule has 6 heteroatoms. The molecule has 0 atom stereocenters. The van der Waals surface area contributed by atoms with Gasteiger partial charge in [-0.25, -0.2) is 4.79 Å². The first kappa shape index (κ1) is 10.4. The number of aryl methyl sites for hydroxylation is 1. The smallest absolute Gasteiger partial charge is 0.341 e. The second-order valence-electron chi connectivity index (χ2n) is 2.91. The maximum atomic E-state index is 11.0. The third kappa shape index (κ3) is 1.82. The Balaban J connectivity index is 2.58. The van der Waals surface area contributed by atoms with Crippen molar-refractivity contribution in [3.8, 4) is 10.6 Å². The molecule has 78 valence electrons. The number of rotatable bonds is 2. The summed E-state index contributed by atoms with van der Waals surface area (Å²) < 4.78 is 5.91. The van der Waals surface area contributed by atoms with E-state index in [2.05, 4.69) is 21.1 Å². The van der Waals surface area contributed by atoms with E-state index in [1.165, 1.54) is 11.3 Å². The topological polar surface area (TPSA) is 63.3 Å². The molecule has 0 bridgehead atoms. The fourth-order valence-corrected chi connectivity index (χ4v) is 2.63. The van der Waals surface area contributed by atoms with Crippen LogP contribution in [-0.4, -0.2) is 16.2 Å². The molecule has 0 saturated heterocycles. The maximum absolute atomic E-state index is 11.0. The van der Waals surface area contributed by atoms with Crippen LogP contribution >= 0.6 is 27.3 Å². The molecule has 0 aliphatic heterocycles. The minimum absolute atomic E-state index is 0.129. The van der Waals surface area contributed by atoms with Gasteiger partial charge in [-0.1, -0.05) is 5.16 Å². The summed E-state index contributed by atoms with van der Waals surface area (Å²) in [5.74, 6) is -0.705. The van der Waals surface area contributed by atoms with Gasteiger partial charge in [-0.05, 0) is 28.9 Å². The highest BCUT2D eigenvalue weighted by atomic mass is 79.9. The minimum Gasteiger partial charge on any atom is -0.477 e. The van der Waals surface area contributed by atoms with Crippen LogP contribution in [0, 0.1) is 6.92 Å². The average Bonchev–Trinajstić information content (AvgIpc) is 2.71. The lowest BCUT2D eigenvalue weighted by atomic mass is 10.2. The molecule has 0 saturated carbocycles. The van der Waals surface area contributed by atoms with E-state index in [1.54, 1.807) is 13.0 Å². The molecule has 1 N–H and O–H groups in total. The Morgan fingerprint density at radius 2 is 2.40 bits per heavy atom. The van der Waals surface area contributed by atoms with Gasteiger partial charge in [0, 0.05) is 9.85 Å². The molecule has 0 spiro atoms. The summed E-state index contributed by atoms with van der Waals surface area (Å²) in [6, 6.07) is 1.80. The van der Waals surface area contributed by atoms with Crippen LogP contribution in [0.25, 0.3) is 10.6 Å². The van der Waals surface area contributed by atoms with E-state index in [0.717, 1.165) is 9.35 Å². The second kappa shape index (κ2) is 3.79. The van der Waals surface area contributed by atoms with Crippen molar-refractivity contribution >= 4 is 33.2 Å². The van der Waals surface area contributed by atoms with Gasteiger partial charge in [-0.3, -0.25) is 0 Å². The van der Waals surface area contributed by atoms with E-state index in [-0.39, 0.29) is 5.56 Å². The zero-order valence-corrected chi connectivity index (χ0v) is 10.1. The molecule has 15 heavy (non-hydrogen) atoms. The van der Waals surface area contributed by atoms with Crippen molar-refractivity contribution in [3.05, 3.63) is 27.2 Å². The van der Waals surface area contributed by atoms with Gasteiger partial charge in [0.05, 0.1) is 10.6 Å². The van der Waals surface area contributed by atoms with Crippen LogP contribution in [0.5, 0.6) is 0 Å². The predicted molar refractivity (Wildman–Crippen MR) is 59.2 cm³/mol. The van der Waals surface area contributed by atoms with E-state index in [4.69, 9.17) is 9.63 Å². The summed E-state index contributed by atoms with van der Waals surface area (Å²) in [5.41, 5.74) is 0.520. The molecule has 0 unspecified atom stereocenters. The number of thiophene rings is 1. The molecule has 2 heterocycles. The Bertz CT molecular complexity index is 517. The molecule has 0 aliphatic carbocycles. The second-order valence-corrected chi connectivity index (χ2v) is 4.73. The highest BCUT2D eigenvalue weighted by molar-refractivity contribution is 9.10. The Kier molecular flexibility index (Phi) is 2.62. The standard InChI is InChI=1S/C9H6BrNO3S/c1-4-7(9(12)13)8(14-11-4)6-2-5(10)3-15-6/h2-3H,1H3,(H,12,13). The molecule has 2 aromatic rings. The summed E-state index contributed by atoms with van der Waals surface area (Å²) in [7, 11) is 0. The zero-order valence-electron chi connectivity index (χ0n) is 7.65. The Morgan fingerprint density at radius 1 is 1.67 bits per heavy atom. The van der Waals surface area contributed by atoms with Gasteiger partial charge >= 0.3 is 5.97 Å². The molecule has 2 rings (SSSR count). The highest BCUT2D eigenvalue weighted by Gasteiger charge is 2.21. The summed E-state index contributed by atoms with van der Waals surface area (Å²) in [4.78, 5) is 11.7. The molecule has 4 nitrogen and oxygen atoms in total. The molecule has 0 amide bonds. The lowest BCUT2D eigenvalue weighted by molar-refractivity contribution is 0.0696. The quantitative estimate of drug-likeness (QED) is 0.921. The fourth-order valence-electron chi connectivity index (χ4n) is 1.22. The van der Waals surface area contributed by atoms with Gasteiger partial charge in [0.2, 0.25) is 0 Å².